The summed E-state index contributed by atoms with van der Waals surface area (Å²) in [5, 5.41) is 7.02. The van der Waals surface area contributed by atoms with Gasteiger partial charge < -0.3 is 5.32 Å². The Bertz CT molecular complexity index is 972. The van der Waals surface area contributed by atoms with Crippen LogP contribution in [-0.2, 0) is 26.7 Å². The maximum Gasteiger partial charge on any atom is 0.417 e. The van der Waals surface area contributed by atoms with Gasteiger partial charge in [-0.1, -0.05) is 29.8 Å². The summed E-state index contributed by atoms with van der Waals surface area (Å²) in [4.78, 5) is 11.9. The van der Waals surface area contributed by atoms with E-state index >= 15 is 0 Å². The highest BCUT2D eigenvalue weighted by atomic mass is 35.5. The summed E-state index contributed by atoms with van der Waals surface area (Å²) in [6, 6.07) is 9.23. The first-order chi connectivity index (χ1) is 12.4. The summed E-state index contributed by atoms with van der Waals surface area (Å²) >= 11 is 5.53. The molecule has 0 saturated heterocycles. The zero-order valence-electron chi connectivity index (χ0n) is 13.6. The van der Waals surface area contributed by atoms with Crippen molar-refractivity contribution in [1.82, 2.24) is 0 Å². The molecule has 0 bridgehead atoms. The number of nitrogens with one attached hydrogen (secondary N) is 1. The molecule has 2 rings (SSSR count). The van der Waals surface area contributed by atoms with Gasteiger partial charge >= 0.3 is 6.18 Å². The fourth-order valence-corrected chi connectivity index (χ4v) is 3.02. The van der Waals surface area contributed by atoms with Gasteiger partial charge in [0.25, 0.3) is 0 Å². The molecule has 0 saturated carbocycles. The van der Waals surface area contributed by atoms with Crippen molar-refractivity contribution in [3.8, 4) is 0 Å². The summed E-state index contributed by atoms with van der Waals surface area (Å²) in [5.41, 5.74) is 0.00402. The SMILES string of the molecule is NS(=O)(=O)Cc1ccc(NC(=O)/C=C/c2ccc(Cl)c(C(F)(F)F)c2)cc1. The van der Waals surface area contributed by atoms with E-state index in [1.54, 1.807) is 0 Å². The van der Waals surface area contributed by atoms with Crippen LogP contribution in [0.3, 0.4) is 0 Å². The molecule has 0 heterocycles. The minimum atomic E-state index is -4.60. The van der Waals surface area contributed by atoms with E-state index in [2.05, 4.69) is 5.32 Å². The molecule has 0 spiro atoms. The maximum absolute atomic E-state index is 12.8. The van der Waals surface area contributed by atoms with E-state index in [-0.39, 0.29) is 11.3 Å². The number of halogens is 4. The molecule has 144 valence electrons. The van der Waals surface area contributed by atoms with E-state index < -0.39 is 32.7 Å². The molecule has 0 aliphatic rings. The number of primary sulfonamides is 1. The Kier molecular flexibility index (Phi) is 6.30. The van der Waals surface area contributed by atoms with Crippen LogP contribution >= 0.6 is 11.6 Å². The first-order valence-electron chi connectivity index (χ1n) is 7.39. The van der Waals surface area contributed by atoms with Gasteiger partial charge in [-0.15, -0.1) is 0 Å². The lowest BCUT2D eigenvalue weighted by Crippen LogP contribution is -2.14. The molecular weight excluding hydrogens is 405 g/mol. The number of rotatable bonds is 5. The van der Waals surface area contributed by atoms with Crippen molar-refractivity contribution in [1.29, 1.82) is 0 Å². The minimum Gasteiger partial charge on any atom is -0.323 e. The second-order valence-electron chi connectivity index (χ2n) is 5.56. The Hall–Kier alpha value is -2.36. The summed E-state index contributed by atoms with van der Waals surface area (Å²) in [7, 11) is -3.66. The Balaban J connectivity index is 2.05. The topological polar surface area (TPSA) is 89.3 Å². The number of hydrogen-bond donors (Lipinski definition) is 2. The number of anilines is 1. The number of benzene rings is 2. The number of amides is 1. The first kappa shape index (κ1) is 20.9. The van der Waals surface area contributed by atoms with Crippen molar-refractivity contribution in [2.45, 2.75) is 11.9 Å². The third-order valence-electron chi connectivity index (χ3n) is 3.31. The summed E-state index contributed by atoms with van der Waals surface area (Å²) in [6.45, 7) is 0. The number of carbonyl (C=O) groups excluding carboxylic acids is 1. The standard InChI is InChI=1S/C17H14ClF3N2O3S/c18-15-7-3-11(9-14(15)17(19,20)21)4-8-16(24)23-13-5-1-12(2-6-13)10-27(22,25)26/h1-9H,10H2,(H,23,24)(H2,22,25,26)/b8-4+. The summed E-state index contributed by atoms with van der Waals surface area (Å²) < 4.78 is 60.5. The Labute approximate surface area is 158 Å². The smallest absolute Gasteiger partial charge is 0.323 e. The van der Waals surface area contributed by atoms with Gasteiger partial charge in [0.1, 0.15) is 0 Å². The first-order valence-corrected chi connectivity index (χ1v) is 9.48. The number of alkyl halides is 3. The highest BCUT2D eigenvalue weighted by molar-refractivity contribution is 7.88. The molecule has 10 heteroatoms. The van der Waals surface area contributed by atoms with E-state index in [0.717, 1.165) is 18.2 Å². The molecule has 0 aromatic heterocycles. The van der Waals surface area contributed by atoms with Crippen molar-refractivity contribution in [2.75, 3.05) is 5.32 Å². The molecule has 1 amide bonds. The van der Waals surface area contributed by atoms with Crippen LogP contribution in [0.4, 0.5) is 18.9 Å². The molecule has 0 fully saturated rings. The van der Waals surface area contributed by atoms with Gasteiger partial charge in [0.2, 0.25) is 15.9 Å². The van der Waals surface area contributed by atoms with Crippen LogP contribution in [0.1, 0.15) is 16.7 Å². The van der Waals surface area contributed by atoms with Crippen LogP contribution in [0.2, 0.25) is 5.02 Å². The highest BCUT2D eigenvalue weighted by Gasteiger charge is 2.33. The molecule has 0 unspecified atom stereocenters. The average molecular weight is 419 g/mol. The second kappa shape index (κ2) is 8.12. The molecular formula is C17H14ClF3N2O3S. The minimum absolute atomic E-state index is 0.158. The Morgan fingerprint density at radius 3 is 2.33 bits per heavy atom. The lowest BCUT2D eigenvalue weighted by molar-refractivity contribution is -0.137. The molecule has 27 heavy (non-hydrogen) atoms. The van der Waals surface area contributed by atoms with E-state index in [1.807, 2.05) is 0 Å². The molecule has 5 nitrogen and oxygen atoms in total. The number of sulfonamides is 1. The van der Waals surface area contributed by atoms with Gasteiger partial charge in [0.15, 0.2) is 0 Å². The normalized spacial score (nSPS) is 12.3. The van der Waals surface area contributed by atoms with E-state index in [9.17, 15) is 26.4 Å². The number of hydrogen-bond acceptors (Lipinski definition) is 3. The third-order valence-corrected chi connectivity index (χ3v) is 4.38. The van der Waals surface area contributed by atoms with Gasteiger partial charge in [-0.05, 0) is 41.5 Å². The van der Waals surface area contributed by atoms with Crippen LogP contribution < -0.4 is 10.5 Å². The molecule has 0 aliphatic heterocycles. The quantitative estimate of drug-likeness (QED) is 0.724. The van der Waals surface area contributed by atoms with Crippen molar-refractivity contribution < 1.29 is 26.4 Å². The monoisotopic (exact) mass is 418 g/mol. The number of nitrogens with two attached hydrogens (primary N) is 1. The van der Waals surface area contributed by atoms with Crippen LogP contribution in [0.25, 0.3) is 6.08 Å². The third kappa shape index (κ3) is 6.70. The van der Waals surface area contributed by atoms with Gasteiger partial charge in [-0.3, -0.25) is 4.79 Å². The van der Waals surface area contributed by atoms with E-state index in [0.29, 0.717) is 11.3 Å². The average Bonchev–Trinajstić information content (AvgIpc) is 2.53. The largest absolute Gasteiger partial charge is 0.417 e. The van der Waals surface area contributed by atoms with Gasteiger partial charge in [-0.2, -0.15) is 13.2 Å². The van der Waals surface area contributed by atoms with Crippen molar-refractivity contribution >= 4 is 39.3 Å². The van der Waals surface area contributed by atoms with Gasteiger partial charge in [0.05, 0.1) is 16.3 Å². The zero-order valence-corrected chi connectivity index (χ0v) is 15.2. The molecule has 0 aliphatic carbocycles. The fraction of sp³-hybridized carbons (Fsp3) is 0.118. The predicted octanol–water partition coefficient (Wildman–Crippen LogP) is 3.80. The maximum atomic E-state index is 12.8. The summed E-state index contributed by atoms with van der Waals surface area (Å²) in [5.74, 6) is -0.906. The highest BCUT2D eigenvalue weighted by Crippen LogP contribution is 2.35. The predicted molar refractivity (Wildman–Crippen MR) is 97.4 cm³/mol. The van der Waals surface area contributed by atoms with Gasteiger partial charge in [0, 0.05) is 11.8 Å². The van der Waals surface area contributed by atoms with Crippen molar-refractivity contribution in [3.63, 3.8) is 0 Å². The van der Waals surface area contributed by atoms with Crippen molar-refractivity contribution in [3.05, 3.63) is 70.3 Å². The molecule has 0 radical (unpaired) electrons. The zero-order chi connectivity index (χ0) is 20.2. The van der Waals surface area contributed by atoms with E-state index in [1.165, 1.54) is 36.4 Å². The van der Waals surface area contributed by atoms with E-state index in [4.69, 9.17) is 16.7 Å². The molecule has 2 aromatic rings. The molecule has 3 N–H and O–H groups in total. The summed E-state index contributed by atoms with van der Waals surface area (Å²) in [6.07, 6.45) is -2.31. The van der Waals surface area contributed by atoms with Crippen LogP contribution in [-0.4, -0.2) is 14.3 Å². The lowest BCUT2D eigenvalue weighted by Gasteiger charge is -2.09. The number of carbonyl (C=O) groups is 1. The second-order valence-corrected chi connectivity index (χ2v) is 7.59. The van der Waals surface area contributed by atoms with Crippen LogP contribution in [0.5, 0.6) is 0 Å². The van der Waals surface area contributed by atoms with Crippen molar-refractivity contribution in [2.24, 2.45) is 5.14 Å². The lowest BCUT2D eigenvalue weighted by atomic mass is 10.1. The molecule has 0 atom stereocenters. The molecule has 2 aromatic carbocycles. The van der Waals surface area contributed by atoms with Crippen LogP contribution in [0, 0.1) is 0 Å². The fourth-order valence-electron chi connectivity index (χ4n) is 2.14. The van der Waals surface area contributed by atoms with Gasteiger partial charge in [-0.25, -0.2) is 13.6 Å². The Morgan fingerprint density at radius 2 is 1.78 bits per heavy atom. The Morgan fingerprint density at radius 1 is 1.15 bits per heavy atom. The van der Waals surface area contributed by atoms with Crippen LogP contribution in [0.15, 0.2) is 48.5 Å².